The molecule has 2 aliphatic rings. The topological polar surface area (TPSA) is 100 Å². The fraction of sp³-hybridized carbons (Fsp3) is 0.382. The summed E-state index contributed by atoms with van der Waals surface area (Å²) in [6, 6.07) is 14.7. The van der Waals surface area contributed by atoms with Gasteiger partial charge in [0, 0.05) is 49.7 Å². The third-order valence-corrected chi connectivity index (χ3v) is 9.38. The Balaban J connectivity index is 1.23. The van der Waals surface area contributed by atoms with Crippen molar-refractivity contribution >= 4 is 23.1 Å². The molecule has 3 heterocycles. The van der Waals surface area contributed by atoms with E-state index in [9.17, 15) is 14.3 Å². The van der Waals surface area contributed by atoms with E-state index in [-0.39, 0.29) is 29.0 Å². The first-order valence-corrected chi connectivity index (χ1v) is 16.2. The molecule has 1 amide bonds. The van der Waals surface area contributed by atoms with Crippen LogP contribution in [0.4, 0.5) is 10.2 Å². The molecule has 4 aromatic rings. The maximum absolute atomic E-state index is 14.5. The molecule has 0 atom stereocenters. The van der Waals surface area contributed by atoms with Crippen molar-refractivity contribution < 1.29 is 23.8 Å². The highest BCUT2D eigenvalue weighted by atomic mass is 32.1. The largest absolute Gasteiger partial charge is 0.504 e. The van der Waals surface area contributed by atoms with Gasteiger partial charge in [0.1, 0.15) is 17.2 Å². The third kappa shape index (κ3) is 7.27. The van der Waals surface area contributed by atoms with Gasteiger partial charge in [0.05, 0.1) is 24.4 Å². The Labute approximate surface area is 266 Å². The van der Waals surface area contributed by atoms with Crippen molar-refractivity contribution in [1.29, 1.82) is 0 Å². The molecule has 11 heteroatoms. The van der Waals surface area contributed by atoms with Crippen LogP contribution in [0.2, 0.25) is 0 Å². The van der Waals surface area contributed by atoms with E-state index in [1.165, 1.54) is 0 Å². The number of amides is 1. The highest BCUT2D eigenvalue weighted by Gasteiger charge is 2.28. The molecule has 2 aromatic heterocycles. The number of anilines is 1. The standard InChI is InChI=1S/C34H38FN5O4S/c1-22-37-31(21-45-22)39(2)26-10-8-25(9-11-26)38-33(42)28-18-24(35)19-36-34(28)44-32-29(20-40-14-16-43-17-15-40)27(12-13-30(32)41)23-6-4-3-5-7-23/h3-7,12-13,18-19,21,25-26,41H,8-11,14-17,20H2,1-2H3,(H,38,42). The molecular weight excluding hydrogens is 593 g/mol. The SMILES string of the molecule is Cc1nc(N(C)C2CCC(NC(=O)c3cc(F)cnc3Oc3c(O)ccc(-c4ccccc4)c3CN3CCOCC3)CC2)cs1. The maximum Gasteiger partial charge on any atom is 0.257 e. The number of phenols is 1. The van der Waals surface area contributed by atoms with Crippen LogP contribution in [-0.2, 0) is 11.3 Å². The number of thiazole rings is 1. The molecule has 6 rings (SSSR count). The monoisotopic (exact) mass is 631 g/mol. The smallest absolute Gasteiger partial charge is 0.257 e. The number of rotatable bonds is 9. The van der Waals surface area contributed by atoms with Crippen molar-refractivity contribution in [2.45, 2.75) is 51.2 Å². The van der Waals surface area contributed by atoms with E-state index in [1.807, 2.05) is 43.3 Å². The zero-order chi connectivity index (χ0) is 31.3. The molecular formula is C34H38FN5O4S. The number of hydrogen-bond donors (Lipinski definition) is 2. The average molecular weight is 632 g/mol. The maximum atomic E-state index is 14.5. The quantitative estimate of drug-likeness (QED) is 0.227. The summed E-state index contributed by atoms with van der Waals surface area (Å²) in [5.41, 5.74) is 2.58. The van der Waals surface area contributed by atoms with Gasteiger partial charge in [-0.2, -0.15) is 0 Å². The Kier molecular flexibility index (Phi) is 9.58. The lowest BCUT2D eigenvalue weighted by Gasteiger charge is -2.35. The zero-order valence-corrected chi connectivity index (χ0v) is 26.4. The number of morpholine rings is 1. The van der Waals surface area contributed by atoms with Gasteiger partial charge in [-0.15, -0.1) is 11.3 Å². The van der Waals surface area contributed by atoms with E-state index in [1.54, 1.807) is 17.4 Å². The molecule has 2 fully saturated rings. The predicted octanol–water partition coefficient (Wildman–Crippen LogP) is 6.16. The number of carbonyl (C=O) groups is 1. The number of nitrogens with zero attached hydrogens (tertiary/aromatic N) is 4. The van der Waals surface area contributed by atoms with Gasteiger partial charge < -0.3 is 24.8 Å². The second kappa shape index (κ2) is 13.9. The second-order valence-corrected chi connectivity index (χ2v) is 12.7. The number of aryl methyl sites for hydroxylation is 1. The Bertz CT molecular complexity index is 1620. The summed E-state index contributed by atoms with van der Waals surface area (Å²) in [4.78, 5) is 26.8. The number of benzene rings is 2. The Morgan fingerprint density at radius 3 is 2.62 bits per heavy atom. The zero-order valence-electron chi connectivity index (χ0n) is 25.5. The van der Waals surface area contributed by atoms with E-state index in [4.69, 9.17) is 9.47 Å². The van der Waals surface area contributed by atoms with Crippen LogP contribution in [0.1, 0.15) is 46.6 Å². The molecule has 0 bridgehead atoms. The van der Waals surface area contributed by atoms with E-state index in [0.717, 1.165) is 78.6 Å². The first kappa shape index (κ1) is 30.9. The fourth-order valence-electron chi connectivity index (χ4n) is 6.10. The van der Waals surface area contributed by atoms with Crippen LogP contribution < -0.4 is 15.0 Å². The van der Waals surface area contributed by atoms with Crippen molar-refractivity contribution in [3.63, 3.8) is 0 Å². The van der Waals surface area contributed by atoms with Crippen LogP contribution in [0.15, 0.2) is 60.1 Å². The van der Waals surface area contributed by atoms with Gasteiger partial charge in [0.15, 0.2) is 11.5 Å². The molecule has 1 aliphatic heterocycles. The number of nitrogens with one attached hydrogen (secondary N) is 1. The predicted molar refractivity (Wildman–Crippen MR) is 173 cm³/mol. The van der Waals surface area contributed by atoms with Crippen LogP contribution in [0.5, 0.6) is 17.4 Å². The lowest BCUT2D eigenvalue weighted by atomic mass is 9.90. The van der Waals surface area contributed by atoms with E-state index >= 15 is 0 Å². The number of hydrogen-bond acceptors (Lipinski definition) is 9. The molecule has 1 aliphatic carbocycles. The number of pyridine rings is 1. The summed E-state index contributed by atoms with van der Waals surface area (Å²) in [6.45, 7) is 5.17. The van der Waals surface area contributed by atoms with Crippen molar-refractivity contribution in [3.8, 4) is 28.5 Å². The number of aromatic nitrogens is 2. The highest BCUT2D eigenvalue weighted by molar-refractivity contribution is 7.09. The molecule has 1 saturated heterocycles. The summed E-state index contributed by atoms with van der Waals surface area (Å²) in [7, 11) is 2.07. The lowest BCUT2D eigenvalue weighted by Crippen LogP contribution is -2.43. The van der Waals surface area contributed by atoms with E-state index in [0.29, 0.717) is 25.8 Å². The molecule has 236 valence electrons. The highest BCUT2D eigenvalue weighted by Crippen LogP contribution is 2.41. The fourth-order valence-corrected chi connectivity index (χ4v) is 6.74. The molecule has 1 saturated carbocycles. The number of aromatic hydroxyl groups is 1. The van der Waals surface area contributed by atoms with Gasteiger partial charge in [-0.3, -0.25) is 9.69 Å². The normalized spacial score (nSPS) is 18.8. The number of ether oxygens (including phenoxy) is 2. The second-order valence-electron chi connectivity index (χ2n) is 11.6. The summed E-state index contributed by atoms with van der Waals surface area (Å²) >= 11 is 1.63. The van der Waals surface area contributed by atoms with Gasteiger partial charge in [0.2, 0.25) is 5.88 Å². The van der Waals surface area contributed by atoms with Crippen molar-refractivity contribution in [2.24, 2.45) is 0 Å². The number of carbonyl (C=O) groups excluding carboxylic acids is 1. The van der Waals surface area contributed by atoms with Crippen molar-refractivity contribution in [1.82, 2.24) is 20.2 Å². The number of halogens is 1. The molecule has 0 radical (unpaired) electrons. The summed E-state index contributed by atoms with van der Waals surface area (Å²) in [5.74, 6) is -0.0929. The minimum absolute atomic E-state index is 0.0194. The summed E-state index contributed by atoms with van der Waals surface area (Å²) < 4.78 is 26.3. The van der Waals surface area contributed by atoms with Crippen LogP contribution in [0, 0.1) is 12.7 Å². The van der Waals surface area contributed by atoms with Crippen LogP contribution >= 0.6 is 11.3 Å². The van der Waals surface area contributed by atoms with Gasteiger partial charge in [0.25, 0.3) is 5.91 Å². The Morgan fingerprint density at radius 2 is 1.91 bits per heavy atom. The van der Waals surface area contributed by atoms with Crippen LogP contribution in [0.25, 0.3) is 11.1 Å². The van der Waals surface area contributed by atoms with E-state index in [2.05, 4.69) is 37.5 Å². The Hall–Kier alpha value is -4.06. The lowest BCUT2D eigenvalue weighted by molar-refractivity contribution is 0.0339. The summed E-state index contributed by atoms with van der Waals surface area (Å²) in [6.07, 6.45) is 4.38. The first-order chi connectivity index (χ1) is 21.9. The van der Waals surface area contributed by atoms with E-state index < -0.39 is 11.7 Å². The number of phenolic OH excluding ortho intramolecular Hbond substituents is 1. The molecule has 2 N–H and O–H groups in total. The minimum atomic E-state index is -0.646. The Morgan fingerprint density at radius 1 is 1.16 bits per heavy atom. The van der Waals surface area contributed by atoms with Gasteiger partial charge in [-0.1, -0.05) is 36.4 Å². The molecule has 0 unspecified atom stereocenters. The van der Waals surface area contributed by atoms with Gasteiger partial charge in [-0.25, -0.2) is 14.4 Å². The van der Waals surface area contributed by atoms with Crippen LogP contribution in [0.3, 0.4) is 0 Å². The average Bonchev–Trinajstić information content (AvgIpc) is 3.50. The van der Waals surface area contributed by atoms with Crippen molar-refractivity contribution in [2.75, 3.05) is 38.3 Å². The third-order valence-electron chi connectivity index (χ3n) is 8.62. The van der Waals surface area contributed by atoms with Crippen molar-refractivity contribution in [3.05, 3.63) is 82.1 Å². The van der Waals surface area contributed by atoms with Gasteiger partial charge >= 0.3 is 0 Å². The molecule has 0 spiro atoms. The first-order valence-electron chi connectivity index (χ1n) is 15.4. The molecule has 45 heavy (non-hydrogen) atoms. The summed E-state index contributed by atoms with van der Waals surface area (Å²) in [5, 5.41) is 17.3. The molecule has 9 nitrogen and oxygen atoms in total. The van der Waals surface area contributed by atoms with Gasteiger partial charge in [-0.05, 0) is 55.9 Å². The molecule has 2 aromatic carbocycles. The minimum Gasteiger partial charge on any atom is -0.504 e. The van der Waals surface area contributed by atoms with Crippen LogP contribution in [-0.4, -0.2) is 71.3 Å².